The molecule has 1 heterocycles. The second-order valence-corrected chi connectivity index (χ2v) is 5.92. The first-order valence-corrected chi connectivity index (χ1v) is 8.38. The highest BCUT2D eigenvalue weighted by atomic mass is 35.5. The van der Waals surface area contributed by atoms with Crippen molar-refractivity contribution in [2.75, 3.05) is 38.2 Å². The van der Waals surface area contributed by atoms with Gasteiger partial charge in [-0.1, -0.05) is 12.8 Å². The summed E-state index contributed by atoms with van der Waals surface area (Å²) in [6, 6.07) is -0.346. The lowest BCUT2D eigenvalue weighted by Crippen LogP contribution is -2.44. The van der Waals surface area contributed by atoms with E-state index in [1.165, 1.54) is 38.8 Å². The van der Waals surface area contributed by atoms with Gasteiger partial charge in [0.25, 0.3) is 0 Å². The topological polar surface area (TPSA) is 58.4 Å². The van der Waals surface area contributed by atoms with Crippen molar-refractivity contribution in [3.8, 4) is 0 Å². The summed E-state index contributed by atoms with van der Waals surface area (Å²) in [7, 11) is 0. The van der Waals surface area contributed by atoms with E-state index in [1.54, 1.807) is 11.8 Å². The summed E-state index contributed by atoms with van der Waals surface area (Å²) in [4.78, 5) is 14.1. The maximum absolute atomic E-state index is 11.7. The highest BCUT2D eigenvalue weighted by Gasteiger charge is 2.13. The van der Waals surface area contributed by atoms with Crippen LogP contribution in [0.1, 0.15) is 32.1 Å². The van der Waals surface area contributed by atoms with Crippen molar-refractivity contribution in [1.82, 2.24) is 10.2 Å². The van der Waals surface area contributed by atoms with Crippen LogP contribution in [0, 0.1) is 0 Å². The predicted molar refractivity (Wildman–Crippen MR) is 86.1 cm³/mol. The number of carbonyl (C=O) groups excluding carboxylic acids is 1. The van der Waals surface area contributed by atoms with Crippen LogP contribution in [0.3, 0.4) is 0 Å². The number of likely N-dealkylation sites (tertiary alicyclic amines) is 1. The normalized spacial score (nSPS) is 18.2. The van der Waals surface area contributed by atoms with Crippen molar-refractivity contribution < 1.29 is 4.79 Å². The Balaban J connectivity index is 0.00000324. The largest absolute Gasteiger partial charge is 0.353 e. The monoisotopic (exact) mass is 309 g/mol. The molecule has 0 unspecified atom stereocenters. The molecule has 1 atom stereocenters. The average molecular weight is 310 g/mol. The van der Waals surface area contributed by atoms with Gasteiger partial charge in [0.05, 0.1) is 6.04 Å². The fourth-order valence-electron chi connectivity index (χ4n) is 2.20. The van der Waals surface area contributed by atoms with Gasteiger partial charge in [-0.2, -0.15) is 11.8 Å². The molecule has 0 spiro atoms. The molecule has 1 aliphatic heterocycles. The summed E-state index contributed by atoms with van der Waals surface area (Å²) >= 11 is 1.73. The number of carbonyl (C=O) groups is 1. The molecule has 0 aliphatic carbocycles. The van der Waals surface area contributed by atoms with Gasteiger partial charge in [-0.15, -0.1) is 12.4 Å². The maximum Gasteiger partial charge on any atom is 0.236 e. The Morgan fingerprint density at radius 1 is 1.32 bits per heavy atom. The Hall–Kier alpha value is 0.0300. The molecular weight excluding hydrogens is 282 g/mol. The van der Waals surface area contributed by atoms with Gasteiger partial charge in [0.15, 0.2) is 0 Å². The number of nitrogens with one attached hydrogen (secondary N) is 1. The first-order valence-electron chi connectivity index (χ1n) is 6.98. The van der Waals surface area contributed by atoms with Crippen LogP contribution in [-0.4, -0.2) is 55.0 Å². The number of halogens is 1. The van der Waals surface area contributed by atoms with Gasteiger partial charge in [-0.05, 0) is 44.4 Å². The minimum Gasteiger partial charge on any atom is -0.353 e. The first-order chi connectivity index (χ1) is 8.74. The fourth-order valence-corrected chi connectivity index (χ4v) is 2.69. The molecule has 0 aromatic carbocycles. The Kier molecular flexibility index (Phi) is 11.8. The Morgan fingerprint density at radius 3 is 2.53 bits per heavy atom. The molecule has 1 saturated heterocycles. The fraction of sp³-hybridized carbons (Fsp3) is 0.923. The lowest BCUT2D eigenvalue weighted by Gasteiger charge is -2.20. The van der Waals surface area contributed by atoms with Gasteiger partial charge in [-0.25, -0.2) is 0 Å². The third-order valence-electron chi connectivity index (χ3n) is 3.40. The molecular formula is C13H28ClN3OS. The van der Waals surface area contributed by atoms with Gasteiger partial charge < -0.3 is 16.0 Å². The second-order valence-electron chi connectivity index (χ2n) is 4.93. The second kappa shape index (κ2) is 11.8. The molecule has 3 N–H and O–H groups in total. The van der Waals surface area contributed by atoms with Crippen molar-refractivity contribution in [3.05, 3.63) is 0 Å². The molecule has 1 amide bonds. The molecule has 0 aromatic heterocycles. The number of amides is 1. The molecule has 0 saturated carbocycles. The van der Waals surface area contributed by atoms with Crippen molar-refractivity contribution >= 4 is 30.1 Å². The third-order valence-corrected chi connectivity index (χ3v) is 4.04. The van der Waals surface area contributed by atoms with Crippen LogP contribution < -0.4 is 11.1 Å². The highest BCUT2D eigenvalue weighted by molar-refractivity contribution is 7.98. The zero-order chi connectivity index (χ0) is 13.2. The number of thioether (sulfide) groups is 1. The van der Waals surface area contributed by atoms with E-state index in [-0.39, 0.29) is 24.4 Å². The molecule has 0 radical (unpaired) electrons. The number of rotatable bonds is 7. The van der Waals surface area contributed by atoms with E-state index < -0.39 is 0 Å². The van der Waals surface area contributed by atoms with Crippen molar-refractivity contribution in [1.29, 1.82) is 0 Å². The van der Waals surface area contributed by atoms with E-state index in [1.807, 2.05) is 6.26 Å². The zero-order valence-corrected chi connectivity index (χ0v) is 13.5. The quantitative estimate of drug-likeness (QED) is 0.748. The molecule has 0 aromatic rings. The van der Waals surface area contributed by atoms with E-state index in [2.05, 4.69) is 10.2 Å². The van der Waals surface area contributed by atoms with Gasteiger partial charge >= 0.3 is 0 Å². The summed E-state index contributed by atoms with van der Waals surface area (Å²) in [5.74, 6) is 0.944. The SMILES string of the molecule is CSCC[C@H](N)C(=O)NCCN1CCCCCC1.Cl. The van der Waals surface area contributed by atoms with E-state index in [4.69, 9.17) is 5.73 Å². The van der Waals surface area contributed by atoms with Crippen LogP contribution in [0.25, 0.3) is 0 Å². The Bertz CT molecular complexity index is 236. The van der Waals surface area contributed by atoms with Crippen LogP contribution in [0.4, 0.5) is 0 Å². The van der Waals surface area contributed by atoms with Crippen LogP contribution in [-0.2, 0) is 4.79 Å². The first kappa shape index (κ1) is 19.0. The van der Waals surface area contributed by atoms with Crippen LogP contribution >= 0.6 is 24.2 Å². The van der Waals surface area contributed by atoms with Gasteiger partial charge in [0.2, 0.25) is 5.91 Å². The van der Waals surface area contributed by atoms with Crippen LogP contribution in [0.15, 0.2) is 0 Å². The van der Waals surface area contributed by atoms with Crippen LogP contribution in [0.5, 0.6) is 0 Å². The molecule has 6 heteroatoms. The Morgan fingerprint density at radius 2 is 1.95 bits per heavy atom. The molecule has 19 heavy (non-hydrogen) atoms. The number of nitrogens with two attached hydrogens (primary N) is 1. The van der Waals surface area contributed by atoms with Gasteiger partial charge in [-0.3, -0.25) is 4.79 Å². The molecule has 114 valence electrons. The highest BCUT2D eigenvalue weighted by Crippen LogP contribution is 2.08. The van der Waals surface area contributed by atoms with E-state index in [0.29, 0.717) is 0 Å². The summed E-state index contributed by atoms with van der Waals surface area (Å²) in [6.45, 7) is 4.04. The smallest absolute Gasteiger partial charge is 0.236 e. The van der Waals surface area contributed by atoms with Gasteiger partial charge in [0, 0.05) is 13.1 Å². The van der Waals surface area contributed by atoms with Crippen molar-refractivity contribution in [2.24, 2.45) is 5.73 Å². The molecule has 1 fully saturated rings. The lowest BCUT2D eigenvalue weighted by molar-refractivity contribution is -0.122. The standard InChI is InChI=1S/C13H27N3OS.ClH/c1-18-11-6-12(14)13(17)15-7-10-16-8-4-2-3-5-9-16;/h12H,2-11,14H2,1H3,(H,15,17);1H/t12-;/m0./s1. The predicted octanol–water partition coefficient (Wildman–Crippen LogP) is 1.48. The summed E-state index contributed by atoms with van der Waals surface area (Å²) in [5.41, 5.74) is 5.81. The van der Waals surface area contributed by atoms with Crippen molar-refractivity contribution in [3.63, 3.8) is 0 Å². The van der Waals surface area contributed by atoms with E-state index in [9.17, 15) is 4.79 Å². The summed E-state index contributed by atoms with van der Waals surface area (Å²) < 4.78 is 0. The minimum atomic E-state index is -0.346. The molecule has 0 bridgehead atoms. The molecule has 4 nitrogen and oxygen atoms in total. The van der Waals surface area contributed by atoms with E-state index in [0.717, 1.165) is 25.3 Å². The zero-order valence-electron chi connectivity index (χ0n) is 11.9. The average Bonchev–Trinajstić information content (AvgIpc) is 2.64. The lowest BCUT2D eigenvalue weighted by atomic mass is 10.2. The number of hydrogen-bond donors (Lipinski definition) is 2. The summed E-state index contributed by atoms with van der Waals surface area (Å²) in [5, 5.41) is 2.94. The third kappa shape index (κ3) is 8.74. The van der Waals surface area contributed by atoms with E-state index >= 15 is 0 Å². The van der Waals surface area contributed by atoms with Crippen LogP contribution in [0.2, 0.25) is 0 Å². The minimum absolute atomic E-state index is 0. The van der Waals surface area contributed by atoms with Gasteiger partial charge in [0.1, 0.15) is 0 Å². The molecule has 1 aliphatic rings. The summed E-state index contributed by atoms with van der Waals surface area (Å²) in [6.07, 6.45) is 8.08. The van der Waals surface area contributed by atoms with Crippen molar-refractivity contribution in [2.45, 2.75) is 38.1 Å². The Labute approximate surface area is 127 Å². The molecule has 1 rings (SSSR count). The number of hydrogen-bond acceptors (Lipinski definition) is 4. The number of nitrogens with zero attached hydrogens (tertiary/aromatic N) is 1. The maximum atomic E-state index is 11.7.